The van der Waals surface area contributed by atoms with Crippen molar-refractivity contribution in [3.05, 3.63) is 58.6 Å². The lowest BCUT2D eigenvalue weighted by atomic mass is 9.92. The fraction of sp³-hybridized carbons (Fsp3) is 0.520. The first-order valence-electron chi connectivity index (χ1n) is 12.5. The van der Waals surface area contributed by atoms with E-state index in [4.69, 9.17) is 21.7 Å². The molecule has 1 aromatic carbocycles. The minimum absolute atomic E-state index is 0.208. The van der Waals surface area contributed by atoms with E-state index in [-0.39, 0.29) is 12.0 Å². The van der Waals surface area contributed by atoms with E-state index in [1.807, 2.05) is 10.7 Å². The van der Waals surface area contributed by atoms with Crippen LogP contribution in [-0.2, 0) is 12.7 Å². The van der Waals surface area contributed by atoms with E-state index >= 15 is 0 Å². The molecule has 190 valence electrons. The van der Waals surface area contributed by atoms with Gasteiger partial charge in [-0.1, -0.05) is 36.2 Å². The summed E-state index contributed by atoms with van der Waals surface area (Å²) in [4.78, 5) is 7.17. The van der Waals surface area contributed by atoms with E-state index < -0.39 is 11.7 Å². The molecule has 0 amide bonds. The van der Waals surface area contributed by atoms with Crippen LogP contribution < -0.4 is 10.2 Å². The molecule has 4 heterocycles. The highest BCUT2D eigenvalue weighted by atomic mass is 35.5. The molecule has 2 aliphatic heterocycles. The fourth-order valence-corrected chi connectivity index (χ4v) is 6.30. The van der Waals surface area contributed by atoms with Crippen molar-refractivity contribution in [2.75, 3.05) is 23.3 Å². The van der Waals surface area contributed by atoms with E-state index in [0.717, 1.165) is 69.3 Å². The predicted octanol–water partition coefficient (Wildman–Crippen LogP) is 5.38. The lowest BCUT2D eigenvalue weighted by Gasteiger charge is -2.39. The molecule has 2 aromatic heterocycles. The number of nitrogens with one attached hydrogen (secondary N) is 1. The minimum Gasteiger partial charge on any atom is -0.369 e. The van der Waals surface area contributed by atoms with E-state index in [9.17, 15) is 13.2 Å². The van der Waals surface area contributed by atoms with Gasteiger partial charge < -0.3 is 10.2 Å². The first-order chi connectivity index (χ1) is 17.3. The number of fused-ring (bicyclic) bond motifs is 3. The van der Waals surface area contributed by atoms with Crippen LogP contribution in [0.5, 0.6) is 0 Å². The standard InChI is InChI=1S/C25H27ClF3N7/c26-21-11-19(12-30-33-21)35-13-16-7-8-17(14-35)22(16)31-24-32-23-20(6-1-2-9-36(23)34-24)15-4-3-5-18(10-15)25(27,28)29/h3-5,10-12,16-17,20,22H,1-2,6-9,13-14H2,(H,31,34)/t16-,17?,20?,22?/m0/s1. The van der Waals surface area contributed by atoms with Crippen molar-refractivity contribution in [3.8, 4) is 0 Å². The Bertz CT molecular complexity index is 1230. The van der Waals surface area contributed by atoms with Crippen molar-refractivity contribution in [1.29, 1.82) is 0 Å². The van der Waals surface area contributed by atoms with Crippen LogP contribution in [0.15, 0.2) is 36.5 Å². The van der Waals surface area contributed by atoms with Gasteiger partial charge in [-0.2, -0.15) is 23.3 Å². The second kappa shape index (κ2) is 9.21. The van der Waals surface area contributed by atoms with Crippen molar-refractivity contribution in [1.82, 2.24) is 25.0 Å². The van der Waals surface area contributed by atoms with Crippen LogP contribution in [0, 0.1) is 11.8 Å². The molecule has 1 N–H and O–H groups in total. The Morgan fingerprint density at radius 1 is 1.03 bits per heavy atom. The molecule has 3 unspecified atom stereocenters. The second-order valence-corrected chi connectivity index (χ2v) is 10.5. The number of anilines is 2. The lowest BCUT2D eigenvalue weighted by Crippen LogP contribution is -2.48. The molecule has 1 aliphatic carbocycles. The number of halogens is 4. The van der Waals surface area contributed by atoms with Crippen LogP contribution in [0.3, 0.4) is 0 Å². The number of piperidine rings is 1. The van der Waals surface area contributed by atoms with Gasteiger partial charge in [0.05, 0.1) is 17.4 Å². The summed E-state index contributed by atoms with van der Waals surface area (Å²) in [5.74, 6) is 1.97. The van der Waals surface area contributed by atoms with Crippen LogP contribution >= 0.6 is 11.6 Å². The summed E-state index contributed by atoms with van der Waals surface area (Å²) < 4.78 is 41.9. The molecular formula is C25H27ClF3N7. The van der Waals surface area contributed by atoms with Gasteiger partial charge in [-0.15, -0.1) is 10.2 Å². The van der Waals surface area contributed by atoms with Crippen molar-refractivity contribution < 1.29 is 13.2 Å². The highest BCUT2D eigenvalue weighted by Crippen LogP contribution is 2.41. The van der Waals surface area contributed by atoms with E-state index in [0.29, 0.717) is 28.5 Å². The normalized spacial score (nSPS) is 25.9. The topological polar surface area (TPSA) is 71.8 Å². The summed E-state index contributed by atoms with van der Waals surface area (Å²) in [7, 11) is 0. The molecule has 7 nitrogen and oxygen atoms in total. The van der Waals surface area contributed by atoms with Crippen LogP contribution in [-0.4, -0.2) is 44.1 Å². The van der Waals surface area contributed by atoms with E-state index in [1.54, 1.807) is 12.3 Å². The Balaban J connectivity index is 1.22. The number of hydrogen-bond acceptors (Lipinski definition) is 6. The molecule has 3 aromatic rings. The summed E-state index contributed by atoms with van der Waals surface area (Å²) >= 11 is 6.05. The first kappa shape index (κ1) is 23.5. The maximum absolute atomic E-state index is 13.4. The highest BCUT2D eigenvalue weighted by Gasteiger charge is 2.43. The number of rotatable bonds is 4. The Hall–Kier alpha value is -2.88. The Morgan fingerprint density at radius 2 is 1.83 bits per heavy atom. The zero-order chi connectivity index (χ0) is 24.9. The van der Waals surface area contributed by atoms with Gasteiger partial charge in [0.1, 0.15) is 5.82 Å². The van der Waals surface area contributed by atoms with Gasteiger partial charge in [0.15, 0.2) is 5.15 Å². The van der Waals surface area contributed by atoms with Crippen molar-refractivity contribution in [3.63, 3.8) is 0 Å². The quantitative estimate of drug-likeness (QED) is 0.501. The average Bonchev–Trinajstić information content (AvgIpc) is 3.25. The van der Waals surface area contributed by atoms with Gasteiger partial charge in [-0.3, -0.25) is 0 Å². The number of aryl methyl sites for hydroxylation is 1. The maximum atomic E-state index is 13.4. The molecule has 6 rings (SSSR count). The van der Waals surface area contributed by atoms with Crippen molar-refractivity contribution >= 4 is 23.2 Å². The summed E-state index contributed by atoms with van der Waals surface area (Å²) in [5.41, 5.74) is 1.01. The van der Waals surface area contributed by atoms with Crippen molar-refractivity contribution in [2.24, 2.45) is 11.8 Å². The molecule has 1 saturated heterocycles. The van der Waals surface area contributed by atoms with Gasteiger partial charge in [-0.25, -0.2) is 4.68 Å². The summed E-state index contributed by atoms with van der Waals surface area (Å²) in [6, 6.07) is 7.75. The Morgan fingerprint density at radius 3 is 2.58 bits per heavy atom. The number of hydrogen-bond donors (Lipinski definition) is 1. The molecule has 4 atom stereocenters. The van der Waals surface area contributed by atoms with Crippen LogP contribution in [0.1, 0.15) is 55.0 Å². The molecule has 0 radical (unpaired) electrons. The predicted molar refractivity (Wildman–Crippen MR) is 130 cm³/mol. The number of alkyl halides is 3. The molecular weight excluding hydrogens is 491 g/mol. The van der Waals surface area contributed by atoms with Gasteiger partial charge >= 0.3 is 6.18 Å². The molecule has 11 heteroatoms. The molecule has 3 aliphatic rings. The Kier molecular flexibility index (Phi) is 6.02. The maximum Gasteiger partial charge on any atom is 0.416 e. The average molecular weight is 518 g/mol. The molecule has 2 fully saturated rings. The monoisotopic (exact) mass is 517 g/mol. The van der Waals surface area contributed by atoms with Gasteiger partial charge in [0, 0.05) is 37.7 Å². The molecule has 2 bridgehead atoms. The lowest BCUT2D eigenvalue weighted by molar-refractivity contribution is -0.137. The SMILES string of the molecule is FC(F)(F)c1cccc(C2CCCCn3nc(NC4C5CC[C@H]4CN(c4cnnc(Cl)c4)C5)nc32)c1. The summed E-state index contributed by atoms with van der Waals surface area (Å²) in [6.07, 6.45) is 2.22. The number of benzene rings is 1. The third kappa shape index (κ3) is 4.51. The first-order valence-corrected chi connectivity index (χ1v) is 12.8. The number of nitrogens with zero attached hydrogens (tertiary/aromatic N) is 6. The number of aromatic nitrogens is 5. The smallest absolute Gasteiger partial charge is 0.369 e. The van der Waals surface area contributed by atoms with Gasteiger partial charge in [0.2, 0.25) is 5.95 Å². The van der Waals surface area contributed by atoms with Crippen LogP contribution in [0.2, 0.25) is 5.15 Å². The Labute approximate surface area is 212 Å². The zero-order valence-electron chi connectivity index (χ0n) is 19.6. The highest BCUT2D eigenvalue weighted by molar-refractivity contribution is 6.29. The molecule has 0 spiro atoms. The van der Waals surface area contributed by atoms with Crippen molar-refractivity contribution in [2.45, 2.75) is 56.8 Å². The third-order valence-corrected chi connectivity index (χ3v) is 8.03. The van der Waals surface area contributed by atoms with E-state index in [2.05, 4.69) is 20.4 Å². The largest absolute Gasteiger partial charge is 0.416 e. The van der Waals surface area contributed by atoms with Crippen LogP contribution in [0.4, 0.5) is 24.8 Å². The van der Waals surface area contributed by atoms with Gasteiger partial charge in [0.25, 0.3) is 0 Å². The summed E-state index contributed by atoms with van der Waals surface area (Å²) in [6.45, 7) is 2.49. The third-order valence-electron chi connectivity index (χ3n) is 7.85. The minimum atomic E-state index is -4.37. The zero-order valence-corrected chi connectivity index (χ0v) is 20.4. The summed E-state index contributed by atoms with van der Waals surface area (Å²) in [5, 5.41) is 16.6. The van der Waals surface area contributed by atoms with Gasteiger partial charge in [-0.05, 0) is 49.1 Å². The molecule has 36 heavy (non-hydrogen) atoms. The second-order valence-electron chi connectivity index (χ2n) is 10.1. The van der Waals surface area contributed by atoms with Crippen LogP contribution in [0.25, 0.3) is 0 Å². The molecule has 1 saturated carbocycles. The fourth-order valence-electron chi connectivity index (χ4n) is 6.15. The van der Waals surface area contributed by atoms with E-state index in [1.165, 1.54) is 12.1 Å².